The number of rotatable bonds is 5. The van der Waals surface area contributed by atoms with Crippen LogP contribution in [-0.2, 0) is 19.0 Å². The summed E-state index contributed by atoms with van der Waals surface area (Å²) in [6, 6.07) is 0. The highest BCUT2D eigenvalue weighted by Gasteiger charge is 2.36. The van der Waals surface area contributed by atoms with Crippen LogP contribution in [0.1, 0.15) is 26.7 Å². The Kier molecular flexibility index (Phi) is 4.96. The minimum atomic E-state index is -0.398. The molecule has 0 radical (unpaired) electrons. The molecule has 1 aliphatic rings. The van der Waals surface area contributed by atoms with Crippen LogP contribution in [0.4, 0.5) is 0 Å². The van der Waals surface area contributed by atoms with Gasteiger partial charge in [0.2, 0.25) is 0 Å². The second-order valence-electron chi connectivity index (χ2n) is 4.13. The molecule has 4 nitrogen and oxygen atoms in total. The van der Waals surface area contributed by atoms with E-state index >= 15 is 0 Å². The molecule has 0 N–H and O–H groups in total. The van der Waals surface area contributed by atoms with Crippen molar-refractivity contribution < 1.29 is 19.0 Å². The Morgan fingerprint density at radius 3 is 2.56 bits per heavy atom. The van der Waals surface area contributed by atoms with Crippen LogP contribution in [0.2, 0.25) is 0 Å². The molecule has 1 heterocycles. The molecule has 0 aromatic rings. The first-order valence-corrected chi connectivity index (χ1v) is 5.68. The fourth-order valence-electron chi connectivity index (χ4n) is 1.54. The van der Waals surface area contributed by atoms with Crippen molar-refractivity contribution in [3.05, 3.63) is 12.7 Å². The van der Waals surface area contributed by atoms with Crippen molar-refractivity contribution in [1.29, 1.82) is 0 Å². The van der Waals surface area contributed by atoms with Crippen LogP contribution in [-0.4, -0.2) is 32.1 Å². The van der Waals surface area contributed by atoms with Gasteiger partial charge in [-0.25, -0.2) is 4.79 Å². The molecule has 1 fully saturated rings. The third kappa shape index (κ3) is 3.32. The van der Waals surface area contributed by atoms with Gasteiger partial charge in [0.15, 0.2) is 6.29 Å². The third-order valence-electron chi connectivity index (χ3n) is 2.92. The topological polar surface area (TPSA) is 44.8 Å². The van der Waals surface area contributed by atoms with E-state index in [2.05, 4.69) is 6.58 Å². The highest BCUT2D eigenvalue weighted by atomic mass is 16.7. The van der Waals surface area contributed by atoms with Gasteiger partial charge < -0.3 is 14.2 Å². The molecule has 0 bridgehead atoms. The summed E-state index contributed by atoms with van der Waals surface area (Å²) in [4.78, 5) is 11.0. The molecular formula is C12H20O4. The van der Waals surface area contributed by atoms with Crippen molar-refractivity contribution >= 4 is 5.97 Å². The van der Waals surface area contributed by atoms with E-state index in [1.165, 1.54) is 6.08 Å². The van der Waals surface area contributed by atoms with Crippen LogP contribution < -0.4 is 0 Å². The zero-order chi connectivity index (χ0) is 12.0. The normalized spacial score (nSPS) is 29.8. The Balaban J connectivity index is 2.46. The fourth-order valence-corrected chi connectivity index (χ4v) is 1.54. The van der Waals surface area contributed by atoms with Crippen molar-refractivity contribution in [1.82, 2.24) is 0 Å². The molecule has 1 rings (SSSR count). The predicted octanol–water partition coefficient (Wildman–Crippen LogP) is 1.89. The van der Waals surface area contributed by atoms with Crippen LogP contribution in [0, 0.1) is 5.41 Å². The molecule has 4 heteroatoms. The second kappa shape index (κ2) is 6.01. The third-order valence-corrected chi connectivity index (χ3v) is 2.92. The van der Waals surface area contributed by atoms with E-state index in [1.807, 2.05) is 13.8 Å². The molecule has 0 saturated carbocycles. The minimum absolute atomic E-state index is 0.116. The van der Waals surface area contributed by atoms with Crippen molar-refractivity contribution in [3.8, 4) is 0 Å². The van der Waals surface area contributed by atoms with Gasteiger partial charge in [-0.05, 0) is 12.8 Å². The lowest BCUT2D eigenvalue weighted by molar-refractivity contribution is -0.239. The first-order chi connectivity index (χ1) is 7.65. The first-order valence-electron chi connectivity index (χ1n) is 5.68. The lowest BCUT2D eigenvalue weighted by Crippen LogP contribution is -2.44. The molecular weight excluding hydrogens is 208 g/mol. The minimum Gasteiger partial charge on any atom is -0.462 e. The molecule has 0 spiro atoms. The number of esters is 1. The van der Waals surface area contributed by atoms with E-state index in [0.717, 1.165) is 12.8 Å². The smallest absolute Gasteiger partial charge is 0.330 e. The number of carbonyl (C=O) groups is 1. The molecule has 0 atom stereocenters. The molecule has 0 amide bonds. The molecule has 0 unspecified atom stereocenters. The van der Waals surface area contributed by atoms with Gasteiger partial charge in [-0.1, -0.05) is 20.4 Å². The van der Waals surface area contributed by atoms with Crippen LogP contribution in [0.3, 0.4) is 0 Å². The Hall–Kier alpha value is -0.870. The Labute approximate surface area is 96.6 Å². The summed E-state index contributed by atoms with van der Waals surface area (Å²) >= 11 is 0. The Bertz CT molecular complexity index is 241. The molecule has 0 aromatic carbocycles. The van der Waals surface area contributed by atoms with Gasteiger partial charge in [0.1, 0.15) is 6.61 Å². The summed E-state index contributed by atoms with van der Waals surface area (Å²) in [6.07, 6.45) is 2.75. The summed E-state index contributed by atoms with van der Waals surface area (Å²) in [5, 5.41) is 0. The Morgan fingerprint density at radius 1 is 1.50 bits per heavy atom. The highest BCUT2D eigenvalue weighted by molar-refractivity contribution is 5.81. The maximum Gasteiger partial charge on any atom is 0.330 e. The van der Waals surface area contributed by atoms with Crippen molar-refractivity contribution in [2.45, 2.75) is 33.0 Å². The van der Waals surface area contributed by atoms with Crippen LogP contribution >= 0.6 is 0 Å². The van der Waals surface area contributed by atoms with Gasteiger partial charge in [0.25, 0.3) is 0 Å². The molecule has 1 saturated heterocycles. The summed E-state index contributed by atoms with van der Waals surface area (Å²) in [5.41, 5.74) is -0.204. The van der Waals surface area contributed by atoms with Crippen molar-refractivity contribution in [2.24, 2.45) is 5.41 Å². The van der Waals surface area contributed by atoms with E-state index in [9.17, 15) is 4.79 Å². The monoisotopic (exact) mass is 228 g/mol. The fraction of sp³-hybridized carbons (Fsp3) is 0.750. The number of hydrogen-bond acceptors (Lipinski definition) is 4. The van der Waals surface area contributed by atoms with Gasteiger partial charge in [0.05, 0.1) is 18.6 Å². The van der Waals surface area contributed by atoms with E-state index in [4.69, 9.17) is 14.2 Å². The first kappa shape index (κ1) is 13.2. The van der Waals surface area contributed by atoms with E-state index < -0.39 is 5.97 Å². The van der Waals surface area contributed by atoms with E-state index in [-0.39, 0.29) is 11.7 Å². The molecule has 92 valence electrons. The van der Waals surface area contributed by atoms with Gasteiger partial charge in [-0.15, -0.1) is 0 Å². The highest BCUT2D eigenvalue weighted by Crippen LogP contribution is 2.29. The standard InChI is InChI=1S/C12H20O4/c1-4-10(13)14-7-12(6-3)8-15-11(5-2)16-9-12/h4,11H,1,5-9H2,2-3H3. The predicted molar refractivity (Wildman–Crippen MR) is 59.9 cm³/mol. The quantitative estimate of drug-likeness (QED) is 0.532. The van der Waals surface area contributed by atoms with Gasteiger partial charge in [0, 0.05) is 6.08 Å². The zero-order valence-electron chi connectivity index (χ0n) is 10.0. The van der Waals surface area contributed by atoms with E-state index in [1.54, 1.807) is 0 Å². The average molecular weight is 228 g/mol. The average Bonchev–Trinajstić information content (AvgIpc) is 2.36. The summed E-state index contributed by atoms with van der Waals surface area (Å²) in [6.45, 7) is 8.89. The van der Waals surface area contributed by atoms with Crippen LogP contribution in [0.25, 0.3) is 0 Å². The van der Waals surface area contributed by atoms with Crippen molar-refractivity contribution in [2.75, 3.05) is 19.8 Å². The van der Waals surface area contributed by atoms with Gasteiger partial charge in [-0.3, -0.25) is 0 Å². The second-order valence-corrected chi connectivity index (χ2v) is 4.13. The molecule has 0 aliphatic carbocycles. The summed E-state index contributed by atoms with van der Waals surface area (Å²) in [7, 11) is 0. The molecule has 1 aliphatic heterocycles. The molecule has 0 aromatic heterocycles. The Morgan fingerprint density at radius 2 is 2.12 bits per heavy atom. The number of carbonyl (C=O) groups excluding carboxylic acids is 1. The van der Waals surface area contributed by atoms with Crippen LogP contribution in [0.15, 0.2) is 12.7 Å². The number of hydrogen-bond donors (Lipinski definition) is 0. The summed E-state index contributed by atoms with van der Waals surface area (Å²) in [5.74, 6) is -0.398. The zero-order valence-corrected chi connectivity index (χ0v) is 10.0. The summed E-state index contributed by atoms with van der Waals surface area (Å²) < 4.78 is 16.2. The van der Waals surface area contributed by atoms with Gasteiger partial charge >= 0.3 is 5.97 Å². The maximum atomic E-state index is 11.0. The van der Waals surface area contributed by atoms with Crippen LogP contribution in [0.5, 0.6) is 0 Å². The largest absolute Gasteiger partial charge is 0.462 e. The SMILES string of the molecule is C=CC(=O)OCC1(CC)COC(CC)OC1. The number of ether oxygens (including phenoxy) is 3. The lowest BCUT2D eigenvalue weighted by atomic mass is 9.87. The van der Waals surface area contributed by atoms with Gasteiger partial charge in [-0.2, -0.15) is 0 Å². The van der Waals surface area contributed by atoms with Crippen molar-refractivity contribution in [3.63, 3.8) is 0 Å². The maximum absolute atomic E-state index is 11.0. The molecule has 16 heavy (non-hydrogen) atoms. The van der Waals surface area contributed by atoms with E-state index in [0.29, 0.717) is 19.8 Å². The lowest BCUT2D eigenvalue weighted by Gasteiger charge is -2.38.